The molecule has 0 bridgehead atoms. The standard InChI is InChI=1S/C15H19BrFN3O2.ClH/c16-11-3-4-12(13(17)8-11)15(22)20-7-1-2-10(9-20)14(21)19-6-5-18;/h3-4,8,10H,1-2,5-7,9,18H2,(H,19,21);1H. The Hall–Kier alpha value is -1.18. The zero-order chi connectivity index (χ0) is 16.1. The van der Waals surface area contributed by atoms with Gasteiger partial charge in [0.15, 0.2) is 0 Å². The van der Waals surface area contributed by atoms with Crippen LogP contribution in [0.4, 0.5) is 4.39 Å². The van der Waals surface area contributed by atoms with Gasteiger partial charge in [0.1, 0.15) is 5.82 Å². The highest BCUT2D eigenvalue weighted by molar-refractivity contribution is 9.10. The minimum absolute atomic E-state index is 0. The van der Waals surface area contributed by atoms with Gasteiger partial charge in [0.25, 0.3) is 5.91 Å². The third kappa shape index (κ3) is 5.16. The summed E-state index contributed by atoms with van der Waals surface area (Å²) in [5, 5.41) is 2.74. The fraction of sp³-hybridized carbons (Fsp3) is 0.467. The Morgan fingerprint density at radius 3 is 2.83 bits per heavy atom. The number of likely N-dealkylation sites (tertiary alicyclic amines) is 1. The van der Waals surface area contributed by atoms with E-state index in [1.165, 1.54) is 12.1 Å². The summed E-state index contributed by atoms with van der Waals surface area (Å²) in [6.45, 7) is 1.65. The van der Waals surface area contributed by atoms with Crippen LogP contribution in [0.1, 0.15) is 23.2 Å². The molecular weight excluding hydrogens is 389 g/mol. The monoisotopic (exact) mass is 407 g/mol. The highest BCUT2D eigenvalue weighted by Crippen LogP contribution is 2.21. The number of hydrogen-bond acceptors (Lipinski definition) is 3. The van der Waals surface area contributed by atoms with Crippen molar-refractivity contribution in [1.29, 1.82) is 0 Å². The quantitative estimate of drug-likeness (QED) is 0.799. The average Bonchev–Trinajstić information content (AvgIpc) is 2.52. The maximum absolute atomic E-state index is 13.9. The smallest absolute Gasteiger partial charge is 0.256 e. The Labute approximate surface area is 149 Å². The second kappa shape index (κ2) is 9.20. The van der Waals surface area contributed by atoms with Crippen molar-refractivity contribution in [2.24, 2.45) is 11.7 Å². The van der Waals surface area contributed by atoms with Crippen LogP contribution in [0.25, 0.3) is 0 Å². The number of nitrogens with zero attached hydrogens (tertiary/aromatic N) is 1. The fourth-order valence-electron chi connectivity index (χ4n) is 2.55. The van der Waals surface area contributed by atoms with Crippen LogP contribution < -0.4 is 11.1 Å². The molecule has 1 fully saturated rings. The molecule has 1 atom stereocenters. The number of benzene rings is 1. The molecule has 5 nitrogen and oxygen atoms in total. The van der Waals surface area contributed by atoms with Crippen molar-refractivity contribution in [2.45, 2.75) is 12.8 Å². The first kappa shape index (κ1) is 19.9. The van der Waals surface area contributed by atoms with E-state index in [0.29, 0.717) is 30.7 Å². The summed E-state index contributed by atoms with van der Waals surface area (Å²) in [6.07, 6.45) is 1.45. The van der Waals surface area contributed by atoms with Crippen LogP contribution >= 0.6 is 28.3 Å². The molecule has 0 aromatic heterocycles. The van der Waals surface area contributed by atoms with Gasteiger partial charge in [0, 0.05) is 30.7 Å². The molecule has 1 aliphatic rings. The van der Waals surface area contributed by atoms with Crippen LogP contribution in [0, 0.1) is 11.7 Å². The van der Waals surface area contributed by atoms with Gasteiger partial charge < -0.3 is 16.0 Å². The number of amides is 2. The molecule has 8 heteroatoms. The number of piperidine rings is 1. The molecule has 0 spiro atoms. The predicted molar refractivity (Wildman–Crippen MR) is 92.0 cm³/mol. The van der Waals surface area contributed by atoms with Crippen molar-refractivity contribution in [2.75, 3.05) is 26.2 Å². The first-order chi connectivity index (χ1) is 10.5. The molecule has 0 aliphatic carbocycles. The number of nitrogens with one attached hydrogen (secondary N) is 1. The Morgan fingerprint density at radius 1 is 1.43 bits per heavy atom. The van der Waals surface area contributed by atoms with E-state index < -0.39 is 5.82 Å². The minimum Gasteiger partial charge on any atom is -0.355 e. The van der Waals surface area contributed by atoms with E-state index in [2.05, 4.69) is 21.2 Å². The largest absolute Gasteiger partial charge is 0.355 e. The molecule has 1 aromatic rings. The highest BCUT2D eigenvalue weighted by atomic mass is 79.9. The minimum atomic E-state index is -0.561. The number of halogens is 3. The Kier molecular flexibility index (Phi) is 7.94. The van der Waals surface area contributed by atoms with Gasteiger partial charge in [-0.1, -0.05) is 15.9 Å². The summed E-state index contributed by atoms with van der Waals surface area (Å²) >= 11 is 3.17. The topological polar surface area (TPSA) is 75.4 Å². The van der Waals surface area contributed by atoms with Crippen LogP contribution in [0.2, 0.25) is 0 Å². The summed E-state index contributed by atoms with van der Waals surface area (Å²) in [5.41, 5.74) is 5.40. The Bertz CT molecular complexity index is 574. The molecule has 3 N–H and O–H groups in total. The summed E-state index contributed by atoms with van der Waals surface area (Å²) < 4.78 is 14.5. The van der Waals surface area contributed by atoms with E-state index in [4.69, 9.17) is 5.73 Å². The van der Waals surface area contributed by atoms with E-state index in [1.54, 1.807) is 11.0 Å². The van der Waals surface area contributed by atoms with Gasteiger partial charge in [-0.05, 0) is 31.0 Å². The zero-order valence-electron chi connectivity index (χ0n) is 12.6. The lowest BCUT2D eigenvalue weighted by Gasteiger charge is -2.32. The van der Waals surface area contributed by atoms with Gasteiger partial charge in [-0.25, -0.2) is 4.39 Å². The number of carbonyl (C=O) groups excluding carboxylic acids is 2. The van der Waals surface area contributed by atoms with Gasteiger partial charge in [-0.15, -0.1) is 12.4 Å². The summed E-state index contributed by atoms with van der Waals surface area (Å²) in [6, 6.07) is 4.36. The molecule has 23 heavy (non-hydrogen) atoms. The van der Waals surface area contributed by atoms with E-state index >= 15 is 0 Å². The lowest BCUT2D eigenvalue weighted by Crippen LogP contribution is -2.46. The molecule has 1 aliphatic heterocycles. The van der Waals surface area contributed by atoms with Crippen molar-refractivity contribution in [3.63, 3.8) is 0 Å². The molecule has 1 saturated heterocycles. The van der Waals surface area contributed by atoms with Crippen molar-refractivity contribution >= 4 is 40.2 Å². The van der Waals surface area contributed by atoms with Crippen molar-refractivity contribution in [3.8, 4) is 0 Å². The average molecular weight is 409 g/mol. The lowest BCUT2D eigenvalue weighted by molar-refractivity contribution is -0.126. The maximum atomic E-state index is 13.9. The van der Waals surface area contributed by atoms with Crippen LogP contribution in [-0.2, 0) is 4.79 Å². The zero-order valence-corrected chi connectivity index (χ0v) is 15.0. The number of rotatable bonds is 4. The van der Waals surface area contributed by atoms with E-state index in [-0.39, 0.29) is 35.7 Å². The molecular formula is C15H20BrClFN3O2. The summed E-state index contributed by atoms with van der Waals surface area (Å²) in [5.74, 6) is -1.29. The number of nitrogens with two attached hydrogens (primary N) is 1. The van der Waals surface area contributed by atoms with Gasteiger partial charge in [0.2, 0.25) is 5.91 Å². The molecule has 128 valence electrons. The van der Waals surface area contributed by atoms with Crippen molar-refractivity contribution in [1.82, 2.24) is 10.2 Å². The third-order valence-corrected chi connectivity index (χ3v) is 4.18. The molecule has 1 aromatic carbocycles. The van der Waals surface area contributed by atoms with Gasteiger partial charge in [0.05, 0.1) is 11.5 Å². The lowest BCUT2D eigenvalue weighted by atomic mass is 9.96. The van der Waals surface area contributed by atoms with Gasteiger partial charge >= 0.3 is 0 Å². The molecule has 0 saturated carbocycles. The van der Waals surface area contributed by atoms with Crippen LogP contribution in [0.3, 0.4) is 0 Å². The maximum Gasteiger partial charge on any atom is 0.256 e. The predicted octanol–water partition coefficient (Wildman–Crippen LogP) is 1.94. The van der Waals surface area contributed by atoms with E-state index in [9.17, 15) is 14.0 Å². The Balaban J connectivity index is 0.00000264. The molecule has 0 radical (unpaired) electrons. The molecule has 1 unspecified atom stereocenters. The summed E-state index contributed by atoms with van der Waals surface area (Å²) in [7, 11) is 0. The molecule has 2 rings (SSSR count). The fourth-order valence-corrected chi connectivity index (χ4v) is 2.88. The molecule has 1 heterocycles. The van der Waals surface area contributed by atoms with Crippen LogP contribution in [0.5, 0.6) is 0 Å². The molecule has 2 amide bonds. The van der Waals surface area contributed by atoms with Crippen molar-refractivity contribution in [3.05, 3.63) is 34.1 Å². The second-order valence-corrected chi connectivity index (χ2v) is 6.21. The van der Waals surface area contributed by atoms with Crippen molar-refractivity contribution < 1.29 is 14.0 Å². The van der Waals surface area contributed by atoms with E-state index in [1.807, 2.05) is 0 Å². The highest BCUT2D eigenvalue weighted by Gasteiger charge is 2.29. The van der Waals surface area contributed by atoms with E-state index in [0.717, 1.165) is 12.8 Å². The number of hydrogen-bond donors (Lipinski definition) is 2. The normalized spacial score (nSPS) is 17.3. The summed E-state index contributed by atoms with van der Waals surface area (Å²) in [4.78, 5) is 26.0. The SMILES string of the molecule is Cl.NCCNC(=O)C1CCCN(C(=O)c2ccc(Br)cc2F)C1. The van der Waals surface area contributed by atoms with Gasteiger partial charge in [-0.2, -0.15) is 0 Å². The Morgan fingerprint density at radius 2 is 2.17 bits per heavy atom. The third-order valence-electron chi connectivity index (χ3n) is 3.68. The van der Waals surface area contributed by atoms with Crippen LogP contribution in [-0.4, -0.2) is 42.9 Å². The first-order valence-electron chi connectivity index (χ1n) is 7.25. The second-order valence-electron chi connectivity index (χ2n) is 5.29. The van der Waals surface area contributed by atoms with Crippen LogP contribution in [0.15, 0.2) is 22.7 Å². The first-order valence-corrected chi connectivity index (χ1v) is 8.04. The van der Waals surface area contributed by atoms with Gasteiger partial charge in [-0.3, -0.25) is 9.59 Å². The number of carbonyl (C=O) groups is 2.